The largest absolute Gasteiger partial charge is 0.454 e. The second-order valence-electron chi connectivity index (χ2n) is 8.07. The first-order chi connectivity index (χ1) is 15.9. The molecule has 0 saturated carbocycles. The third-order valence-electron chi connectivity index (χ3n) is 5.19. The first-order valence-corrected chi connectivity index (χ1v) is 10.7. The minimum absolute atomic E-state index is 0.0398. The maximum atomic E-state index is 14.3. The molecule has 0 aliphatic rings. The molecule has 0 N–H and O–H groups in total. The van der Waals surface area contributed by atoms with Crippen LogP contribution < -0.4 is 4.74 Å². The van der Waals surface area contributed by atoms with Crippen molar-refractivity contribution in [2.24, 2.45) is 11.8 Å². The van der Waals surface area contributed by atoms with Crippen molar-refractivity contribution in [3.63, 3.8) is 0 Å². The maximum absolute atomic E-state index is 14.3. The third kappa shape index (κ3) is 6.30. The lowest BCUT2D eigenvalue weighted by Crippen LogP contribution is -2.25. The van der Waals surface area contributed by atoms with E-state index in [9.17, 15) is 14.4 Å². The van der Waals surface area contributed by atoms with Crippen LogP contribution in [0.4, 0.5) is 4.39 Å². The molecular weight excluding hydrogens is 417 g/mol. The Morgan fingerprint density at radius 2 is 1.64 bits per heavy atom. The molecule has 0 heterocycles. The van der Waals surface area contributed by atoms with Crippen LogP contribution in [0.15, 0.2) is 84.4 Å². The molecule has 0 fully saturated rings. The minimum Gasteiger partial charge on any atom is -0.454 e. The van der Waals surface area contributed by atoms with Gasteiger partial charge in [0.25, 0.3) is 0 Å². The van der Waals surface area contributed by atoms with E-state index >= 15 is 0 Å². The van der Waals surface area contributed by atoms with Gasteiger partial charge < -0.3 is 9.47 Å². The normalized spacial score (nSPS) is 13.2. The van der Waals surface area contributed by atoms with Gasteiger partial charge in [0.1, 0.15) is 11.8 Å². The number of hydrogen-bond donors (Lipinski definition) is 0. The standard InChI is InChI=1S/C28H26FNO3/c1-19(2)27(20(3)16-21-10-6-4-7-11-21)28(31)33-26(18-30)22-14-15-24(29)25(17-22)32-23-12-8-5-9-13-23/h4-17,19,26-27H,1-3H3/b20-16+. The zero-order valence-electron chi connectivity index (χ0n) is 18.9. The van der Waals surface area contributed by atoms with Gasteiger partial charge in [-0.3, -0.25) is 4.79 Å². The van der Waals surface area contributed by atoms with Gasteiger partial charge in [-0.2, -0.15) is 5.26 Å². The molecule has 0 bridgehead atoms. The van der Waals surface area contributed by atoms with Gasteiger partial charge in [-0.05, 0) is 42.7 Å². The highest BCUT2D eigenvalue weighted by molar-refractivity contribution is 5.78. The molecule has 0 spiro atoms. The highest BCUT2D eigenvalue weighted by Gasteiger charge is 2.29. The van der Waals surface area contributed by atoms with Crippen molar-refractivity contribution in [3.8, 4) is 17.6 Å². The summed E-state index contributed by atoms with van der Waals surface area (Å²) < 4.78 is 25.5. The number of para-hydroxylation sites is 1. The monoisotopic (exact) mass is 443 g/mol. The summed E-state index contributed by atoms with van der Waals surface area (Å²) in [7, 11) is 0. The number of halogens is 1. The van der Waals surface area contributed by atoms with Gasteiger partial charge in [0, 0.05) is 5.56 Å². The van der Waals surface area contributed by atoms with Crippen LogP contribution in [0.5, 0.6) is 11.5 Å². The number of hydrogen-bond acceptors (Lipinski definition) is 4. The molecule has 2 atom stereocenters. The second-order valence-corrected chi connectivity index (χ2v) is 8.07. The van der Waals surface area contributed by atoms with Gasteiger partial charge in [0.15, 0.2) is 11.6 Å². The van der Waals surface area contributed by atoms with E-state index in [-0.39, 0.29) is 11.7 Å². The molecule has 3 rings (SSSR count). The molecule has 4 nitrogen and oxygen atoms in total. The minimum atomic E-state index is -1.19. The topological polar surface area (TPSA) is 59.3 Å². The molecule has 0 amide bonds. The fourth-order valence-corrected chi connectivity index (χ4v) is 3.62. The summed E-state index contributed by atoms with van der Waals surface area (Å²) in [6.45, 7) is 5.74. The third-order valence-corrected chi connectivity index (χ3v) is 5.19. The molecule has 168 valence electrons. The van der Waals surface area contributed by atoms with Gasteiger partial charge in [-0.15, -0.1) is 0 Å². The van der Waals surface area contributed by atoms with E-state index < -0.39 is 23.8 Å². The van der Waals surface area contributed by atoms with E-state index in [1.807, 2.05) is 69.3 Å². The summed E-state index contributed by atoms with van der Waals surface area (Å²) >= 11 is 0. The molecule has 3 aromatic rings. The summed E-state index contributed by atoms with van der Waals surface area (Å²) in [6.07, 6.45) is 0.749. The van der Waals surface area contributed by atoms with Crippen molar-refractivity contribution >= 4 is 12.0 Å². The average Bonchev–Trinajstić information content (AvgIpc) is 2.80. The summed E-state index contributed by atoms with van der Waals surface area (Å²) in [6, 6.07) is 24.5. The Morgan fingerprint density at radius 3 is 2.24 bits per heavy atom. The summed E-state index contributed by atoms with van der Waals surface area (Å²) in [5, 5.41) is 9.70. The second kappa shape index (κ2) is 11.1. The van der Waals surface area contributed by atoms with Crippen LogP contribution in [0.2, 0.25) is 0 Å². The highest BCUT2D eigenvalue weighted by Crippen LogP contribution is 2.31. The Morgan fingerprint density at radius 1 is 1.00 bits per heavy atom. The lowest BCUT2D eigenvalue weighted by atomic mass is 9.88. The number of ether oxygens (including phenoxy) is 2. The van der Waals surface area contributed by atoms with E-state index in [1.54, 1.807) is 24.3 Å². The fourth-order valence-electron chi connectivity index (χ4n) is 3.62. The average molecular weight is 444 g/mol. The van der Waals surface area contributed by atoms with Gasteiger partial charge in [-0.25, -0.2) is 4.39 Å². The number of carbonyl (C=O) groups is 1. The van der Waals surface area contributed by atoms with Crippen molar-refractivity contribution in [2.45, 2.75) is 26.9 Å². The zero-order valence-corrected chi connectivity index (χ0v) is 18.9. The number of nitrogens with zero attached hydrogens (tertiary/aromatic N) is 1. The number of nitriles is 1. The molecule has 33 heavy (non-hydrogen) atoms. The number of carbonyl (C=O) groups excluding carboxylic acids is 1. The lowest BCUT2D eigenvalue weighted by Gasteiger charge is -2.22. The predicted molar refractivity (Wildman–Crippen MR) is 126 cm³/mol. The number of rotatable bonds is 8. The SMILES string of the molecule is C/C(=C\c1ccccc1)C(C(=O)OC(C#N)c1ccc(F)c(Oc2ccccc2)c1)C(C)C. The molecule has 5 heteroatoms. The lowest BCUT2D eigenvalue weighted by molar-refractivity contribution is -0.151. The summed E-state index contributed by atoms with van der Waals surface area (Å²) in [5.41, 5.74) is 2.15. The molecule has 0 radical (unpaired) electrons. The maximum Gasteiger partial charge on any atom is 0.314 e. The Labute approximate surface area is 193 Å². The quantitative estimate of drug-likeness (QED) is 0.348. The number of esters is 1. The molecule has 3 aromatic carbocycles. The highest BCUT2D eigenvalue weighted by atomic mass is 19.1. The Hall–Kier alpha value is -3.91. The van der Waals surface area contributed by atoms with Gasteiger partial charge in [-0.1, -0.05) is 80.1 Å². The summed E-state index contributed by atoms with van der Waals surface area (Å²) in [5.74, 6) is -1.23. The van der Waals surface area contributed by atoms with Crippen LogP contribution >= 0.6 is 0 Å². The van der Waals surface area contributed by atoms with E-state index in [1.165, 1.54) is 18.2 Å². The van der Waals surface area contributed by atoms with E-state index in [4.69, 9.17) is 9.47 Å². The first-order valence-electron chi connectivity index (χ1n) is 10.7. The molecular formula is C28H26FNO3. The first kappa shape index (κ1) is 23.7. The van der Waals surface area contributed by atoms with Crippen molar-refractivity contribution < 1.29 is 18.7 Å². The molecule has 0 aliphatic carbocycles. The van der Waals surface area contributed by atoms with Crippen LogP contribution in [0, 0.1) is 29.0 Å². The smallest absolute Gasteiger partial charge is 0.314 e. The molecule has 0 aromatic heterocycles. The van der Waals surface area contributed by atoms with Crippen molar-refractivity contribution in [1.82, 2.24) is 0 Å². The van der Waals surface area contributed by atoms with Gasteiger partial charge >= 0.3 is 5.97 Å². The molecule has 2 unspecified atom stereocenters. The van der Waals surface area contributed by atoms with Crippen LogP contribution in [0.25, 0.3) is 6.08 Å². The Kier molecular flexibility index (Phi) is 7.99. The van der Waals surface area contributed by atoms with Gasteiger partial charge in [0.2, 0.25) is 6.10 Å². The predicted octanol–water partition coefficient (Wildman–Crippen LogP) is 7.10. The zero-order chi connectivity index (χ0) is 23.8. The van der Waals surface area contributed by atoms with Crippen molar-refractivity contribution in [1.29, 1.82) is 5.26 Å². The Balaban J connectivity index is 1.81. The number of benzene rings is 3. The van der Waals surface area contributed by atoms with Crippen LogP contribution in [-0.4, -0.2) is 5.97 Å². The van der Waals surface area contributed by atoms with E-state index in [2.05, 4.69) is 0 Å². The van der Waals surface area contributed by atoms with Crippen LogP contribution in [0.3, 0.4) is 0 Å². The van der Waals surface area contributed by atoms with Crippen LogP contribution in [-0.2, 0) is 9.53 Å². The Bertz CT molecular complexity index is 1150. The van der Waals surface area contributed by atoms with Crippen LogP contribution in [0.1, 0.15) is 38.0 Å². The molecule has 0 aliphatic heterocycles. The van der Waals surface area contributed by atoms with Crippen molar-refractivity contribution in [2.75, 3.05) is 0 Å². The molecule has 0 saturated heterocycles. The summed E-state index contributed by atoms with van der Waals surface area (Å²) in [4.78, 5) is 13.1. The van der Waals surface area contributed by atoms with Gasteiger partial charge in [0.05, 0.1) is 5.92 Å². The van der Waals surface area contributed by atoms with Crippen molar-refractivity contribution in [3.05, 3.63) is 101 Å². The fraction of sp³-hybridized carbons (Fsp3) is 0.214. The van der Waals surface area contributed by atoms with E-state index in [0.29, 0.717) is 11.3 Å². The van der Waals surface area contributed by atoms with E-state index in [0.717, 1.165) is 11.1 Å².